The molecule has 1 atom stereocenters. The van der Waals surface area contributed by atoms with E-state index in [1.165, 1.54) is 12.0 Å². The lowest BCUT2D eigenvalue weighted by Crippen LogP contribution is -2.37. The Morgan fingerprint density at radius 2 is 2.03 bits per heavy atom. The average Bonchev–Trinajstić information content (AvgIpc) is 2.86. The summed E-state index contributed by atoms with van der Waals surface area (Å²) in [7, 11) is 0. The van der Waals surface area contributed by atoms with Crippen LogP contribution >= 0.6 is 0 Å². The minimum atomic E-state index is -0.734. The number of piperidine rings is 1. The molecule has 0 saturated carbocycles. The van der Waals surface area contributed by atoms with Crippen molar-refractivity contribution in [1.82, 2.24) is 14.9 Å². The van der Waals surface area contributed by atoms with Gasteiger partial charge in [-0.05, 0) is 79.9 Å². The number of nitrogens with zero attached hydrogens (tertiary/aromatic N) is 3. The predicted molar refractivity (Wildman–Crippen MR) is 131 cm³/mol. The minimum Gasteiger partial charge on any atom is -0.481 e. The Kier molecular flexibility index (Phi) is 6.53. The van der Waals surface area contributed by atoms with Gasteiger partial charge in [0.2, 0.25) is 0 Å². The fourth-order valence-corrected chi connectivity index (χ4v) is 5.40. The van der Waals surface area contributed by atoms with Crippen LogP contribution in [0, 0.1) is 5.92 Å². The normalized spacial score (nSPS) is 17.9. The summed E-state index contributed by atoms with van der Waals surface area (Å²) in [6.07, 6.45) is 7.34. The zero-order valence-corrected chi connectivity index (χ0v) is 19.0. The molecule has 6 heteroatoms. The van der Waals surface area contributed by atoms with Crippen LogP contribution in [0.5, 0.6) is 0 Å². The maximum absolute atomic E-state index is 11.7. The van der Waals surface area contributed by atoms with Gasteiger partial charge in [0, 0.05) is 36.8 Å². The number of benzene rings is 1. The molecule has 2 aliphatic rings. The summed E-state index contributed by atoms with van der Waals surface area (Å²) in [6, 6.07) is 14.6. The molecule has 0 radical (unpaired) electrons. The van der Waals surface area contributed by atoms with Gasteiger partial charge in [0.15, 0.2) is 0 Å². The van der Waals surface area contributed by atoms with Crippen LogP contribution in [0.2, 0.25) is 0 Å². The van der Waals surface area contributed by atoms with E-state index >= 15 is 0 Å². The molecule has 4 heterocycles. The topological polar surface area (TPSA) is 78.3 Å². The van der Waals surface area contributed by atoms with Crippen molar-refractivity contribution < 1.29 is 9.90 Å². The summed E-state index contributed by atoms with van der Waals surface area (Å²) >= 11 is 0. The van der Waals surface area contributed by atoms with Gasteiger partial charge in [-0.25, -0.2) is 4.98 Å². The third-order valence-electron chi connectivity index (χ3n) is 7.27. The number of likely N-dealkylation sites (tertiary alicyclic amines) is 1. The Balaban J connectivity index is 1.21. The monoisotopic (exact) mass is 444 g/mol. The number of fused-ring (bicyclic) bond motifs is 2. The highest BCUT2D eigenvalue weighted by molar-refractivity contribution is 5.79. The number of hydrogen-bond donors (Lipinski definition) is 2. The number of hydrogen-bond acceptors (Lipinski definition) is 5. The van der Waals surface area contributed by atoms with E-state index in [1.54, 1.807) is 0 Å². The zero-order valence-electron chi connectivity index (χ0n) is 19.0. The number of anilines is 1. The molecule has 1 aromatic carbocycles. The molecule has 6 nitrogen and oxygen atoms in total. The lowest BCUT2D eigenvalue weighted by molar-refractivity contribution is -0.137. The van der Waals surface area contributed by atoms with E-state index in [9.17, 15) is 9.90 Å². The van der Waals surface area contributed by atoms with Crippen LogP contribution in [-0.4, -0.2) is 52.1 Å². The van der Waals surface area contributed by atoms with Crippen LogP contribution in [-0.2, 0) is 17.6 Å². The molecule has 3 aromatic rings. The van der Waals surface area contributed by atoms with E-state index in [-0.39, 0.29) is 12.3 Å². The first-order valence-electron chi connectivity index (χ1n) is 12.2. The average molecular weight is 445 g/mol. The van der Waals surface area contributed by atoms with E-state index in [1.807, 2.05) is 24.4 Å². The van der Waals surface area contributed by atoms with Gasteiger partial charge in [-0.15, -0.1) is 0 Å². The minimum absolute atomic E-state index is 0.00939. The van der Waals surface area contributed by atoms with Gasteiger partial charge < -0.3 is 15.3 Å². The van der Waals surface area contributed by atoms with E-state index < -0.39 is 5.97 Å². The highest BCUT2D eigenvalue weighted by Crippen LogP contribution is 2.36. The second kappa shape index (κ2) is 9.87. The molecule has 1 unspecified atom stereocenters. The van der Waals surface area contributed by atoms with Gasteiger partial charge >= 0.3 is 5.97 Å². The molecule has 2 aromatic heterocycles. The van der Waals surface area contributed by atoms with Crippen molar-refractivity contribution >= 4 is 22.7 Å². The fraction of sp³-hybridized carbons (Fsp3) is 0.444. The van der Waals surface area contributed by atoms with Crippen molar-refractivity contribution in [3.63, 3.8) is 0 Å². The van der Waals surface area contributed by atoms with Crippen LogP contribution < -0.4 is 5.32 Å². The van der Waals surface area contributed by atoms with E-state index in [0.29, 0.717) is 5.92 Å². The first-order valence-corrected chi connectivity index (χ1v) is 12.2. The lowest BCUT2D eigenvalue weighted by atomic mass is 9.78. The third-order valence-corrected chi connectivity index (χ3v) is 7.27. The van der Waals surface area contributed by atoms with E-state index in [2.05, 4.69) is 39.5 Å². The summed E-state index contributed by atoms with van der Waals surface area (Å²) < 4.78 is 0. The molecule has 33 heavy (non-hydrogen) atoms. The van der Waals surface area contributed by atoms with Crippen molar-refractivity contribution in [2.45, 2.75) is 44.4 Å². The van der Waals surface area contributed by atoms with E-state index in [4.69, 9.17) is 4.98 Å². The van der Waals surface area contributed by atoms with Crippen LogP contribution in [0.1, 0.15) is 48.4 Å². The fourth-order valence-electron chi connectivity index (χ4n) is 5.40. The number of rotatable bonds is 7. The van der Waals surface area contributed by atoms with Crippen LogP contribution in [0.15, 0.2) is 48.7 Å². The molecule has 0 aliphatic carbocycles. The Bertz CT molecular complexity index is 1120. The van der Waals surface area contributed by atoms with Crippen molar-refractivity contribution in [2.24, 2.45) is 5.92 Å². The molecule has 0 amide bonds. The van der Waals surface area contributed by atoms with E-state index in [0.717, 1.165) is 79.8 Å². The summed E-state index contributed by atoms with van der Waals surface area (Å²) in [6.45, 7) is 4.02. The third kappa shape index (κ3) is 5.17. The second-order valence-electron chi connectivity index (χ2n) is 9.44. The Labute approximate surface area is 195 Å². The number of pyridine rings is 2. The van der Waals surface area contributed by atoms with Gasteiger partial charge in [0.05, 0.1) is 11.9 Å². The number of carboxylic acid groups (broad SMARTS) is 1. The molecule has 1 fully saturated rings. The number of nitrogens with one attached hydrogen (secondary N) is 1. The highest BCUT2D eigenvalue weighted by atomic mass is 16.4. The zero-order chi connectivity index (χ0) is 22.6. The standard InChI is InChI=1S/C27H32N4O2/c32-26(33)17-24(22-16-21-4-1-2-6-25(21)29-18-22)19-9-13-31(14-10-19)15-11-23-8-7-20-5-3-12-28-27(20)30-23/h1-2,4,6-8,16,18-19,24H,3,5,9-15,17H2,(H,28,30)(H,32,33). The Hall–Kier alpha value is -2.99. The van der Waals surface area contributed by atoms with Crippen molar-refractivity contribution in [1.29, 1.82) is 0 Å². The summed E-state index contributed by atoms with van der Waals surface area (Å²) in [5.41, 5.74) is 4.49. The number of carboxylic acids is 1. The maximum Gasteiger partial charge on any atom is 0.303 e. The number of aromatic nitrogens is 2. The van der Waals surface area contributed by atoms with Crippen LogP contribution in [0.25, 0.3) is 10.9 Å². The first kappa shape index (κ1) is 21.8. The number of aryl methyl sites for hydroxylation is 1. The van der Waals surface area contributed by atoms with Gasteiger partial charge in [-0.3, -0.25) is 9.78 Å². The predicted octanol–water partition coefficient (Wildman–Crippen LogP) is 4.50. The van der Waals surface area contributed by atoms with Gasteiger partial charge in [-0.2, -0.15) is 0 Å². The van der Waals surface area contributed by atoms with Crippen molar-refractivity contribution in [3.05, 3.63) is 65.5 Å². The molecular weight excluding hydrogens is 412 g/mol. The molecule has 1 saturated heterocycles. The largest absolute Gasteiger partial charge is 0.481 e. The Morgan fingerprint density at radius 3 is 2.88 bits per heavy atom. The smallest absolute Gasteiger partial charge is 0.303 e. The number of aliphatic carboxylic acids is 1. The molecule has 172 valence electrons. The maximum atomic E-state index is 11.7. The summed E-state index contributed by atoms with van der Waals surface area (Å²) in [5.74, 6) is 0.710. The Morgan fingerprint density at radius 1 is 1.18 bits per heavy atom. The highest BCUT2D eigenvalue weighted by Gasteiger charge is 2.29. The second-order valence-corrected chi connectivity index (χ2v) is 9.44. The SMILES string of the molecule is O=C(O)CC(c1cnc2ccccc2c1)C1CCN(CCc2ccc3c(n2)NCCC3)CC1. The van der Waals surface area contributed by atoms with Crippen molar-refractivity contribution in [2.75, 3.05) is 31.5 Å². The molecular formula is C27H32N4O2. The van der Waals surface area contributed by atoms with Gasteiger partial charge in [0.1, 0.15) is 5.82 Å². The van der Waals surface area contributed by atoms with Gasteiger partial charge in [-0.1, -0.05) is 24.3 Å². The lowest BCUT2D eigenvalue weighted by Gasteiger charge is -2.36. The molecule has 2 aliphatic heterocycles. The quantitative estimate of drug-likeness (QED) is 0.559. The summed E-state index contributed by atoms with van der Waals surface area (Å²) in [5, 5.41) is 14.1. The van der Waals surface area contributed by atoms with Gasteiger partial charge in [0.25, 0.3) is 0 Å². The first-order chi connectivity index (χ1) is 16.2. The number of para-hydroxylation sites is 1. The van der Waals surface area contributed by atoms with Crippen molar-refractivity contribution in [3.8, 4) is 0 Å². The molecule has 5 rings (SSSR count). The van der Waals surface area contributed by atoms with Crippen LogP contribution in [0.4, 0.5) is 5.82 Å². The van der Waals surface area contributed by atoms with Crippen LogP contribution in [0.3, 0.4) is 0 Å². The molecule has 0 bridgehead atoms. The molecule has 0 spiro atoms. The molecule has 2 N–H and O–H groups in total. The number of carbonyl (C=O) groups is 1. The summed E-state index contributed by atoms with van der Waals surface area (Å²) in [4.78, 5) is 23.6.